The first-order valence-electron chi connectivity index (χ1n) is 9.70. The van der Waals surface area contributed by atoms with E-state index in [1.165, 1.54) is 11.1 Å². The van der Waals surface area contributed by atoms with E-state index >= 15 is 0 Å². The highest BCUT2D eigenvalue weighted by atomic mass is 127. The number of ether oxygens (including phenoxy) is 1. The molecule has 0 saturated carbocycles. The van der Waals surface area contributed by atoms with Gasteiger partial charge in [-0.05, 0) is 35.7 Å². The number of rotatable bonds is 4. The third-order valence-electron chi connectivity index (χ3n) is 5.44. The molecule has 1 fully saturated rings. The van der Waals surface area contributed by atoms with Gasteiger partial charge < -0.3 is 15.0 Å². The SMILES string of the molecule is CN=C(NCc1cccc2cccnc12)N1CCC(c2ccc(OC)cc2)C1.I. The topological polar surface area (TPSA) is 49.8 Å². The number of benzene rings is 2. The molecule has 0 spiro atoms. The lowest BCUT2D eigenvalue weighted by molar-refractivity contribution is 0.414. The predicted molar refractivity (Wildman–Crippen MR) is 129 cm³/mol. The van der Waals surface area contributed by atoms with E-state index in [0.29, 0.717) is 12.5 Å². The number of guanidine groups is 1. The van der Waals surface area contributed by atoms with E-state index in [-0.39, 0.29) is 24.0 Å². The first-order valence-corrected chi connectivity index (χ1v) is 9.70. The lowest BCUT2D eigenvalue weighted by atomic mass is 9.98. The number of para-hydroxylation sites is 1. The molecule has 1 N–H and O–H groups in total. The van der Waals surface area contributed by atoms with Crippen molar-refractivity contribution >= 4 is 40.8 Å². The molecule has 0 aliphatic carbocycles. The van der Waals surface area contributed by atoms with Crippen LogP contribution in [0, 0.1) is 0 Å². The summed E-state index contributed by atoms with van der Waals surface area (Å²) in [6, 6.07) is 18.8. The maximum atomic E-state index is 5.27. The second-order valence-corrected chi connectivity index (χ2v) is 7.10. The smallest absolute Gasteiger partial charge is 0.193 e. The van der Waals surface area contributed by atoms with E-state index in [1.807, 2.05) is 31.4 Å². The summed E-state index contributed by atoms with van der Waals surface area (Å²) in [5.41, 5.74) is 3.59. The van der Waals surface area contributed by atoms with Crippen LogP contribution in [0.1, 0.15) is 23.5 Å². The summed E-state index contributed by atoms with van der Waals surface area (Å²) >= 11 is 0. The molecule has 6 heteroatoms. The average Bonchev–Trinajstić information content (AvgIpc) is 3.24. The van der Waals surface area contributed by atoms with Crippen molar-refractivity contribution in [2.75, 3.05) is 27.2 Å². The molecular formula is C23H27IN4O. The van der Waals surface area contributed by atoms with E-state index in [1.54, 1.807) is 7.11 Å². The summed E-state index contributed by atoms with van der Waals surface area (Å²) in [5, 5.41) is 4.69. The molecule has 29 heavy (non-hydrogen) atoms. The number of hydrogen-bond donors (Lipinski definition) is 1. The first kappa shape index (κ1) is 21.4. The summed E-state index contributed by atoms with van der Waals surface area (Å²) in [4.78, 5) is 11.4. The van der Waals surface area contributed by atoms with Crippen LogP contribution in [0.5, 0.6) is 5.75 Å². The van der Waals surface area contributed by atoms with Gasteiger partial charge >= 0.3 is 0 Å². The van der Waals surface area contributed by atoms with Gasteiger partial charge in [-0.2, -0.15) is 0 Å². The van der Waals surface area contributed by atoms with Gasteiger partial charge in [0.2, 0.25) is 0 Å². The Labute approximate surface area is 189 Å². The highest BCUT2D eigenvalue weighted by molar-refractivity contribution is 14.0. The van der Waals surface area contributed by atoms with E-state index in [4.69, 9.17) is 4.74 Å². The second-order valence-electron chi connectivity index (χ2n) is 7.10. The highest BCUT2D eigenvalue weighted by Crippen LogP contribution is 2.28. The molecule has 5 nitrogen and oxygen atoms in total. The molecule has 0 radical (unpaired) electrons. The van der Waals surface area contributed by atoms with Crippen molar-refractivity contribution in [2.24, 2.45) is 4.99 Å². The molecule has 2 aromatic carbocycles. The van der Waals surface area contributed by atoms with Crippen LogP contribution in [0.15, 0.2) is 65.8 Å². The number of pyridine rings is 1. The Kier molecular flexibility index (Phi) is 7.30. The zero-order valence-electron chi connectivity index (χ0n) is 16.8. The number of methoxy groups -OCH3 is 1. The van der Waals surface area contributed by atoms with Crippen LogP contribution in [0.4, 0.5) is 0 Å². The van der Waals surface area contributed by atoms with E-state index < -0.39 is 0 Å². The van der Waals surface area contributed by atoms with E-state index in [2.05, 4.69) is 56.6 Å². The molecule has 2 heterocycles. The molecule has 1 unspecified atom stereocenters. The number of nitrogens with zero attached hydrogens (tertiary/aromatic N) is 3. The molecule has 1 aliphatic heterocycles. The van der Waals surface area contributed by atoms with Crippen molar-refractivity contribution in [3.8, 4) is 5.75 Å². The van der Waals surface area contributed by atoms with Crippen LogP contribution in [-0.4, -0.2) is 43.1 Å². The number of aliphatic imine (C=N–C) groups is 1. The number of aromatic nitrogens is 1. The maximum Gasteiger partial charge on any atom is 0.193 e. The van der Waals surface area contributed by atoms with Crippen molar-refractivity contribution in [1.29, 1.82) is 0 Å². The number of halogens is 1. The molecule has 1 atom stereocenters. The number of nitrogens with one attached hydrogen (secondary N) is 1. The monoisotopic (exact) mass is 502 g/mol. The Morgan fingerprint density at radius 3 is 2.72 bits per heavy atom. The van der Waals surface area contributed by atoms with Gasteiger partial charge in [0.05, 0.1) is 12.6 Å². The number of likely N-dealkylation sites (tertiary alicyclic amines) is 1. The minimum atomic E-state index is 0. The zero-order chi connectivity index (χ0) is 19.3. The van der Waals surface area contributed by atoms with Crippen LogP contribution < -0.4 is 10.1 Å². The van der Waals surface area contributed by atoms with Gasteiger partial charge in [-0.25, -0.2) is 0 Å². The fourth-order valence-corrected chi connectivity index (χ4v) is 3.92. The average molecular weight is 502 g/mol. The summed E-state index contributed by atoms with van der Waals surface area (Å²) in [5.74, 6) is 2.37. The van der Waals surface area contributed by atoms with Gasteiger partial charge in [0.15, 0.2) is 5.96 Å². The molecule has 1 aromatic heterocycles. The van der Waals surface area contributed by atoms with Crippen LogP contribution >= 0.6 is 24.0 Å². The fraction of sp³-hybridized carbons (Fsp3) is 0.304. The summed E-state index contributed by atoms with van der Waals surface area (Å²) in [6.07, 6.45) is 2.98. The maximum absolute atomic E-state index is 5.27. The molecule has 0 bridgehead atoms. The Morgan fingerprint density at radius 2 is 1.97 bits per heavy atom. The van der Waals surface area contributed by atoms with Gasteiger partial charge in [0.1, 0.15) is 5.75 Å². The Morgan fingerprint density at radius 1 is 1.17 bits per heavy atom. The van der Waals surface area contributed by atoms with Crippen molar-refractivity contribution in [3.05, 3.63) is 71.9 Å². The lowest BCUT2D eigenvalue weighted by Crippen LogP contribution is -2.39. The van der Waals surface area contributed by atoms with E-state index in [9.17, 15) is 0 Å². The quantitative estimate of drug-likeness (QED) is 0.326. The highest BCUT2D eigenvalue weighted by Gasteiger charge is 2.26. The van der Waals surface area contributed by atoms with Crippen LogP contribution in [0.25, 0.3) is 10.9 Å². The molecule has 1 aliphatic rings. The van der Waals surface area contributed by atoms with E-state index in [0.717, 1.165) is 42.1 Å². The Bertz CT molecular complexity index is 969. The van der Waals surface area contributed by atoms with Crippen LogP contribution in [0.3, 0.4) is 0 Å². The van der Waals surface area contributed by atoms with Crippen LogP contribution in [-0.2, 0) is 6.54 Å². The van der Waals surface area contributed by atoms with Crippen molar-refractivity contribution < 1.29 is 4.74 Å². The Balaban J connectivity index is 0.00000240. The van der Waals surface area contributed by atoms with Crippen molar-refractivity contribution in [3.63, 3.8) is 0 Å². The molecule has 1 saturated heterocycles. The van der Waals surface area contributed by atoms with Gasteiger partial charge in [0, 0.05) is 44.2 Å². The molecule has 4 rings (SSSR count). The summed E-state index contributed by atoms with van der Waals surface area (Å²) in [6.45, 7) is 2.69. The molecule has 0 amide bonds. The standard InChI is InChI=1S/C23H26N4O.HI/c1-24-23(26-15-19-6-3-5-18-7-4-13-25-22(18)19)27-14-12-20(16-27)17-8-10-21(28-2)11-9-17;/h3-11,13,20H,12,14-16H2,1-2H3,(H,24,26);1H. The summed E-state index contributed by atoms with van der Waals surface area (Å²) in [7, 11) is 3.55. The third-order valence-corrected chi connectivity index (χ3v) is 5.44. The van der Waals surface area contributed by atoms with Gasteiger partial charge in [-0.1, -0.05) is 36.4 Å². The molecular weight excluding hydrogens is 475 g/mol. The lowest BCUT2D eigenvalue weighted by Gasteiger charge is -2.22. The first-order chi connectivity index (χ1) is 13.8. The number of fused-ring (bicyclic) bond motifs is 1. The molecule has 152 valence electrons. The van der Waals surface area contributed by atoms with Crippen LogP contribution in [0.2, 0.25) is 0 Å². The minimum Gasteiger partial charge on any atom is -0.497 e. The molecule has 3 aromatic rings. The largest absolute Gasteiger partial charge is 0.497 e. The van der Waals surface area contributed by atoms with Crippen molar-refractivity contribution in [1.82, 2.24) is 15.2 Å². The number of hydrogen-bond acceptors (Lipinski definition) is 3. The van der Waals surface area contributed by atoms with Gasteiger partial charge in [0.25, 0.3) is 0 Å². The van der Waals surface area contributed by atoms with Gasteiger partial charge in [-0.3, -0.25) is 9.98 Å². The fourth-order valence-electron chi connectivity index (χ4n) is 3.92. The second kappa shape index (κ2) is 9.91. The van der Waals surface area contributed by atoms with Crippen molar-refractivity contribution in [2.45, 2.75) is 18.9 Å². The predicted octanol–water partition coefficient (Wildman–Crippen LogP) is 4.43. The zero-order valence-corrected chi connectivity index (χ0v) is 19.2. The Hall–Kier alpha value is -2.35. The minimum absolute atomic E-state index is 0. The third kappa shape index (κ3) is 4.80. The summed E-state index contributed by atoms with van der Waals surface area (Å²) < 4.78 is 5.27. The normalized spacial score (nSPS) is 16.6. The van der Waals surface area contributed by atoms with Gasteiger partial charge in [-0.15, -0.1) is 24.0 Å².